The Balaban J connectivity index is 1.35. The summed E-state index contributed by atoms with van der Waals surface area (Å²) in [4.78, 5) is 38.9. The van der Waals surface area contributed by atoms with Gasteiger partial charge < -0.3 is 9.47 Å². The smallest absolute Gasteiger partial charge is 0.344 e. The molecule has 2 amide bonds. The number of imide groups is 1. The second-order valence-electron chi connectivity index (χ2n) is 7.43. The van der Waals surface area contributed by atoms with Gasteiger partial charge in [-0.25, -0.2) is 4.79 Å². The van der Waals surface area contributed by atoms with Crippen LogP contribution in [0.3, 0.4) is 0 Å². The summed E-state index contributed by atoms with van der Waals surface area (Å²) in [5.74, 6) is 0.294. The summed E-state index contributed by atoms with van der Waals surface area (Å²) >= 11 is 2.98. The average molecular weight is 585 g/mol. The maximum absolute atomic E-state index is 12.7. The lowest BCUT2D eigenvalue weighted by atomic mass is 10.2. The number of amides is 2. The maximum atomic E-state index is 12.7. The Hall–Kier alpha value is -3.11. The van der Waals surface area contributed by atoms with Gasteiger partial charge in [0.1, 0.15) is 18.1 Å². The average Bonchev–Trinajstić information content (AvgIpc) is 3.09. The number of esters is 1. The van der Waals surface area contributed by atoms with Crippen LogP contribution in [0.5, 0.6) is 11.5 Å². The fourth-order valence-corrected chi connectivity index (χ4v) is 4.63. The lowest BCUT2D eigenvalue weighted by Crippen LogP contribution is -2.32. The number of carbonyl (C=O) groups is 3. The van der Waals surface area contributed by atoms with Crippen molar-refractivity contribution >= 4 is 57.5 Å². The number of carbonyl (C=O) groups excluding carboxylic acids is 3. The minimum Gasteiger partial charge on any atom is -0.492 e. The van der Waals surface area contributed by atoms with Gasteiger partial charge in [-0.05, 0) is 89.3 Å². The van der Waals surface area contributed by atoms with Crippen LogP contribution in [-0.2, 0) is 4.79 Å². The standard InChI is InChI=1S/C26H20INO5S/c1-17-6-10-19(11-7-17)32-15-14-28-24(29)23(34-26(28)31)16-18-8-12-20(13-9-18)33-25(30)21-4-2-3-5-22(21)27/h2-13,16H,14-15H2,1H3/b23-16-. The minimum atomic E-state index is -0.438. The van der Waals surface area contributed by atoms with Crippen molar-refractivity contribution in [2.75, 3.05) is 13.2 Å². The number of thioether (sulfide) groups is 1. The van der Waals surface area contributed by atoms with Gasteiger partial charge in [0.05, 0.1) is 17.0 Å². The molecule has 3 aromatic carbocycles. The van der Waals surface area contributed by atoms with Gasteiger partial charge in [0.15, 0.2) is 0 Å². The molecule has 172 valence electrons. The van der Waals surface area contributed by atoms with E-state index in [1.165, 1.54) is 4.90 Å². The van der Waals surface area contributed by atoms with E-state index in [-0.39, 0.29) is 24.3 Å². The summed E-state index contributed by atoms with van der Waals surface area (Å²) in [5, 5.41) is -0.327. The molecule has 1 aliphatic heterocycles. The van der Waals surface area contributed by atoms with Gasteiger partial charge in [-0.3, -0.25) is 14.5 Å². The van der Waals surface area contributed by atoms with Crippen LogP contribution < -0.4 is 9.47 Å². The molecule has 0 saturated carbocycles. The predicted molar refractivity (Wildman–Crippen MR) is 140 cm³/mol. The zero-order chi connectivity index (χ0) is 24.1. The zero-order valence-corrected chi connectivity index (χ0v) is 21.2. The summed E-state index contributed by atoms with van der Waals surface area (Å²) in [6.07, 6.45) is 1.65. The maximum Gasteiger partial charge on any atom is 0.344 e. The Bertz CT molecular complexity index is 1250. The molecule has 0 radical (unpaired) electrons. The summed E-state index contributed by atoms with van der Waals surface area (Å²) in [6, 6.07) is 21.5. The second kappa shape index (κ2) is 10.9. The highest BCUT2D eigenvalue weighted by Gasteiger charge is 2.34. The topological polar surface area (TPSA) is 72.9 Å². The van der Waals surface area contributed by atoms with Crippen molar-refractivity contribution in [3.05, 3.63) is 98.0 Å². The van der Waals surface area contributed by atoms with Crippen molar-refractivity contribution in [1.29, 1.82) is 0 Å². The molecule has 0 N–H and O–H groups in total. The fraction of sp³-hybridized carbons (Fsp3) is 0.115. The molecule has 1 heterocycles. The van der Waals surface area contributed by atoms with E-state index in [0.717, 1.165) is 26.5 Å². The van der Waals surface area contributed by atoms with Crippen LogP contribution in [0.15, 0.2) is 77.7 Å². The highest BCUT2D eigenvalue weighted by Crippen LogP contribution is 2.32. The zero-order valence-electron chi connectivity index (χ0n) is 18.2. The molecule has 4 rings (SSSR count). The number of benzene rings is 3. The Morgan fingerprint density at radius 2 is 1.65 bits per heavy atom. The van der Waals surface area contributed by atoms with Gasteiger partial charge in [-0.15, -0.1) is 0 Å². The fourth-order valence-electron chi connectivity index (χ4n) is 3.15. The van der Waals surface area contributed by atoms with Crippen LogP contribution >= 0.6 is 34.4 Å². The molecule has 8 heteroatoms. The van der Waals surface area contributed by atoms with Crippen molar-refractivity contribution < 1.29 is 23.9 Å². The molecular weight excluding hydrogens is 565 g/mol. The van der Waals surface area contributed by atoms with Crippen LogP contribution in [-0.4, -0.2) is 35.2 Å². The third-order valence-electron chi connectivity index (χ3n) is 4.96. The molecule has 0 spiro atoms. The SMILES string of the molecule is Cc1ccc(OCCN2C(=O)S/C(=C\c3ccc(OC(=O)c4ccccc4I)cc3)C2=O)cc1. The van der Waals surface area contributed by atoms with Gasteiger partial charge in [0.2, 0.25) is 0 Å². The quantitative estimate of drug-likeness (QED) is 0.148. The van der Waals surface area contributed by atoms with Gasteiger partial charge in [0.25, 0.3) is 11.1 Å². The number of nitrogens with zero attached hydrogens (tertiary/aromatic N) is 1. The van der Waals surface area contributed by atoms with Crippen LogP contribution in [0.25, 0.3) is 6.08 Å². The largest absolute Gasteiger partial charge is 0.492 e. The Morgan fingerprint density at radius 3 is 2.35 bits per heavy atom. The first-order valence-corrected chi connectivity index (χ1v) is 12.3. The van der Waals surface area contributed by atoms with E-state index < -0.39 is 5.97 Å². The first kappa shape index (κ1) is 24.0. The van der Waals surface area contributed by atoms with E-state index in [1.807, 2.05) is 43.3 Å². The van der Waals surface area contributed by atoms with E-state index in [1.54, 1.807) is 42.5 Å². The van der Waals surface area contributed by atoms with Crippen molar-refractivity contribution in [3.63, 3.8) is 0 Å². The molecular formula is C26H20INO5S. The lowest BCUT2D eigenvalue weighted by Gasteiger charge is -2.13. The third-order valence-corrected chi connectivity index (χ3v) is 6.81. The van der Waals surface area contributed by atoms with E-state index in [9.17, 15) is 14.4 Å². The summed E-state index contributed by atoms with van der Waals surface area (Å²) in [6.45, 7) is 2.37. The van der Waals surface area contributed by atoms with Gasteiger partial charge in [-0.1, -0.05) is 42.0 Å². The Kier molecular flexibility index (Phi) is 7.69. The Labute approximate surface area is 215 Å². The Morgan fingerprint density at radius 1 is 0.971 bits per heavy atom. The summed E-state index contributed by atoms with van der Waals surface area (Å²) in [5.41, 5.74) is 2.34. The van der Waals surface area contributed by atoms with Crippen LogP contribution in [0, 0.1) is 10.5 Å². The molecule has 0 bridgehead atoms. The van der Waals surface area contributed by atoms with Crippen molar-refractivity contribution in [1.82, 2.24) is 4.90 Å². The number of halogens is 1. The molecule has 0 aliphatic carbocycles. The number of rotatable bonds is 7. The molecule has 3 aromatic rings. The molecule has 34 heavy (non-hydrogen) atoms. The van der Waals surface area contributed by atoms with E-state index in [4.69, 9.17) is 9.47 Å². The number of hydrogen-bond donors (Lipinski definition) is 0. The highest BCUT2D eigenvalue weighted by molar-refractivity contribution is 14.1. The number of aryl methyl sites for hydroxylation is 1. The number of ether oxygens (including phenoxy) is 2. The molecule has 0 aromatic heterocycles. The van der Waals surface area contributed by atoms with Crippen LogP contribution in [0.4, 0.5) is 4.79 Å². The van der Waals surface area contributed by atoms with Crippen LogP contribution in [0.2, 0.25) is 0 Å². The molecule has 0 unspecified atom stereocenters. The van der Waals surface area contributed by atoms with Gasteiger partial charge >= 0.3 is 5.97 Å². The molecule has 0 atom stereocenters. The normalized spacial score (nSPS) is 14.5. The molecule has 1 saturated heterocycles. The van der Waals surface area contributed by atoms with Crippen LogP contribution in [0.1, 0.15) is 21.5 Å². The predicted octanol–water partition coefficient (Wildman–Crippen LogP) is 5.93. The van der Waals surface area contributed by atoms with E-state index in [2.05, 4.69) is 22.6 Å². The third kappa shape index (κ3) is 5.87. The first-order chi connectivity index (χ1) is 16.4. The van der Waals surface area contributed by atoms with E-state index >= 15 is 0 Å². The second-order valence-corrected chi connectivity index (χ2v) is 9.59. The summed E-state index contributed by atoms with van der Waals surface area (Å²) in [7, 11) is 0. The number of hydrogen-bond acceptors (Lipinski definition) is 6. The lowest BCUT2D eigenvalue weighted by molar-refractivity contribution is -0.123. The highest BCUT2D eigenvalue weighted by atomic mass is 127. The summed E-state index contributed by atoms with van der Waals surface area (Å²) < 4.78 is 11.9. The van der Waals surface area contributed by atoms with Crippen molar-refractivity contribution in [2.24, 2.45) is 0 Å². The molecule has 1 aliphatic rings. The van der Waals surface area contributed by atoms with Crippen molar-refractivity contribution in [3.8, 4) is 11.5 Å². The molecule has 6 nitrogen and oxygen atoms in total. The minimum absolute atomic E-state index is 0.170. The molecule has 1 fully saturated rings. The first-order valence-electron chi connectivity index (χ1n) is 10.4. The van der Waals surface area contributed by atoms with E-state index in [0.29, 0.717) is 22.0 Å². The van der Waals surface area contributed by atoms with Crippen molar-refractivity contribution in [2.45, 2.75) is 6.92 Å². The van der Waals surface area contributed by atoms with Gasteiger partial charge in [-0.2, -0.15) is 0 Å². The van der Waals surface area contributed by atoms with Gasteiger partial charge in [0, 0.05) is 3.57 Å². The monoisotopic (exact) mass is 585 g/mol.